The van der Waals surface area contributed by atoms with Crippen LogP contribution >= 0.6 is 0 Å². The molecule has 2 aromatic rings. The summed E-state index contributed by atoms with van der Waals surface area (Å²) in [6.45, 7) is 2.19. The molecule has 0 unspecified atom stereocenters. The van der Waals surface area contributed by atoms with Gasteiger partial charge in [0.1, 0.15) is 17.8 Å². The van der Waals surface area contributed by atoms with Gasteiger partial charge in [0.05, 0.1) is 17.2 Å². The molecule has 1 aromatic heterocycles. The molecular formula is C16H17N3O4S. The van der Waals surface area contributed by atoms with Gasteiger partial charge in [-0.3, -0.25) is 4.79 Å². The highest BCUT2D eigenvalue weighted by Crippen LogP contribution is 2.23. The van der Waals surface area contributed by atoms with Crippen molar-refractivity contribution in [3.8, 4) is 5.75 Å². The van der Waals surface area contributed by atoms with Gasteiger partial charge in [0.25, 0.3) is 10.0 Å². The van der Waals surface area contributed by atoms with Crippen LogP contribution in [0.1, 0.15) is 11.3 Å². The average Bonchev–Trinajstić information content (AvgIpc) is 2.98. The molecule has 2 N–H and O–H groups in total. The van der Waals surface area contributed by atoms with Crippen LogP contribution < -0.4 is 16.0 Å². The number of carbonyl (C=O) groups is 1. The number of rotatable bonds is 4. The van der Waals surface area contributed by atoms with E-state index in [4.69, 9.17) is 10.5 Å². The third kappa shape index (κ3) is 3.18. The van der Waals surface area contributed by atoms with E-state index in [0.29, 0.717) is 24.5 Å². The fourth-order valence-electron chi connectivity index (χ4n) is 2.55. The van der Waals surface area contributed by atoms with Crippen LogP contribution in [-0.2, 0) is 27.8 Å². The number of hydrogen-bond donors (Lipinski definition) is 1. The molecule has 1 amide bonds. The maximum atomic E-state index is 12.5. The summed E-state index contributed by atoms with van der Waals surface area (Å²) in [5.74, 6) is 0.0346. The molecule has 0 fully saturated rings. The summed E-state index contributed by atoms with van der Waals surface area (Å²) < 4.78 is 35.9. The van der Waals surface area contributed by atoms with E-state index in [1.54, 1.807) is 18.2 Å². The molecule has 126 valence electrons. The summed E-state index contributed by atoms with van der Waals surface area (Å²) >= 11 is 0. The zero-order chi connectivity index (χ0) is 17.3. The molecule has 0 saturated carbocycles. The summed E-state index contributed by atoms with van der Waals surface area (Å²) in [6.07, 6.45) is 0.566. The number of fused-ring (bicyclic) bond motifs is 1. The second-order valence-corrected chi connectivity index (χ2v) is 7.14. The second kappa shape index (κ2) is 6.12. The normalized spacial score (nSPS) is 14.3. The van der Waals surface area contributed by atoms with Gasteiger partial charge in [-0.2, -0.15) is 8.42 Å². The zero-order valence-electron chi connectivity index (χ0n) is 13.1. The van der Waals surface area contributed by atoms with Crippen LogP contribution in [-0.4, -0.2) is 25.5 Å². The lowest BCUT2D eigenvalue weighted by molar-refractivity contribution is -0.118. The van der Waals surface area contributed by atoms with E-state index in [2.05, 4.69) is 4.40 Å². The van der Waals surface area contributed by atoms with Crippen molar-refractivity contribution in [3.05, 3.63) is 53.1 Å². The molecule has 1 aliphatic rings. The zero-order valence-corrected chi connectivity index (χ0v) is 13.9. The first-order chi connectivity index (χ1) is 11.4. The predicted molar refractivity (Wildman–Crippen MR) is 86.8 cm³/mol. The molecule has 2 heterocycles. The third-order valence-corrected chi connectivity index (χ3v) is 5.01. The molecule has 1 aromatic carbocycles. The van der Waals surface area contributed by atoms with Crippen LogP contribution in [0.25, 0.3) is 0 Å². The number of ether oxygens (including phenoxy) is 1. The van der Waals surface area contributed by atoms with Gasteiger partial charge in [0.15, 0.2) is 0 Å². The quantitative estimate of drug-likeness (QED) is 0.870. The van der Waals surface area contributed by atoms with Crippen molar-refractivity contribution < 1.29 is 17.9 Å². The molecule has 1 aliphatic heterocycles. The minimum Gasteiger partial charge on any atom is -0.491 e. The number of benzene rings is 1. The van der Waals surface area contributed by atoms with E-state index < -0.39 is 15.9 Å². The molecule has 3 rings (SSSR count). The van der Waals surface area contributed by atoms with Crippen LogP contribution in [0.4, 0.5) is 0 Å². The van der Waals surface area contributed by atoms with E-state index in [9.17, 15) is 13.2 Å². The number of nitrogens with zero attached hydrogens (tertiary/aromatic N) is 2. The molecule has 0 saturated heterocycles. The number of hydrogen-bond acceptors (Lipinski definition) is 4. The van der Waals surface area contributed by atoms with Crippen LogP contribution in [0.3, 0.4) is 0 Å². The molecule has 0 atom stereocenters. The van der Waals surface area contributed by atoms with Crippen molar-refractivity contribution >= 4 is 15.9 Å². The lowest BCUT2D eigenvalue weighted by atomic mass is 10.2. The fourth-order valence-corrected chi connectivity index (χ4v) is 3.54. The molecular weight excluding hydrogens is 330 g/mol. The van der Waals surface area contributed by atoms with Crippen molar-refractivity contribution in [2.45, 2.75) is 24.8 Å². The van der Waals surface area contributed by atoms with E-state index in [0.717, 1.165) is 5.56 Å². The van der Waals surface area contributed by atoms with E-state index >= 15 is 0 Å². The Hall–Kier alpha value is -2.61. The van der Waals surface area contributed by atoms with Crippen LogP contribution in [0.15, 0.2) is 45.7 Å². The topological polar surface area (TPSA) is 104 Å². The number of carbonyl (C=O) groups excluding carboxylic acids is 1. The summed E-state index contributed by atoms with van der Waals surface area (Å²) in [5.41, 5.74) is 7.11. The number of amides is 1. The van der Waals surface area contributed by atoms with E-state index in [1.165, 1.54) is 22.8 Å². The number of nitrogens with two attached hydrogens (primary N) is 1. The van der Waals surface area contributed by atoms with Gasteiger partial charge in [-0.05, 0) is 31.2 Å². The van der Waals surface area contributed by atoms with Gasteiger partial charge in [-0.15, -0.1) is 4.40 Å². The number of primary amides is 1. The number of pyridine rings is 1. The molecule has 7 nitrogen and oxygen atoms in total. The van der Waals surface area contributed by atoms with Crippen LogP contribution in [0.5, 0.6) is 5.75 Å². The first-order valence-electron chi connectivity index (χ1n) is 7.38. The van der Waals surface area contributed by atoms with E-state index in [-0.39, 0.29) is 16.9 Å². The Bertz CT molecular complexity index is 960. The number of aryl methyl sites for hydroxylation is 1. The minimum atomic E-state index is -3.89. The summed E-state index contributed by atoms with van der Waals surface area (Å²) in [5, 5.41) is 0. The smallest absolute Gasteiger partial charge is 0.284 e. The van der Waals surface area contributed by atoms with Crippen molar-refractivity contribution in [1.82, 2.24) is 4.57 Å². The molecule has 0 bridgehead atoms. The van der Waals surface area contributed by atoms with Crippen molar-refractivity contribution in [2.24, 2.45) is 10.1 Å². The Morgan fingerprint density at radius 2 is 1.96 bits per heavy atom. The van der Waals surface area contributed by atoms with Gasteiger partial charge >= 0.3 is 0 Å². The fraction of sp³-hybridized carbons (Fsp3) is 0.250. The van der Waals surface area contributed by atoms with Crippen molar-refractivity contribution in [1.29, 1.82) is 0 Å². The Morgan fingerprint density at radius 1 is 1.25 bits per heavy atom. The Labute approximate surface area is 139 Å². The highest BCUT2D eigenvalue weighted by molar-refractivity contribution is 7.90. The molecule has 0 radical (unpaired) electrons. The Balaban J connectivity index is 2.16. The summed E-state index contributed by atoms with van der Waals surface area (Å²) in [6, 6.07) is 9.58. The predicted octanol–water partition coefficient (Wildman–Crippen LogP) is 0.506. The number of aromatic nitrogens is 1. The van der Waals surface area contributed by atoms with Crippen molar-refractivity contribution in [3.63, 3.8) is 0 Å². The molecule has 0 spiro atoms. The van der Waals surface area contributed by atoms with Gasteiger partial charge < -0.3 is 15.0 Å². The first kappa shape index (κ1) is 16.3. The van der Waals surface area contributed by atoms with Gasteiger partial charge in [-0.1, -0.05) is 17.7 Å². The lowest BCUT2D eigenvalue weighted by Crippen LogP contribution is -2.31. The van der Waals surface area contributed by atoms with Crippen LogP contribution in [0, 0.1) is 6.92 Å². The summed E-state index contributed by atoms with van der Waals surface area (Å²) in [7, 11) is -3.89. The lowest BCUT2D eigenvalue weighted by Gasteiger charge is -2.10. The van der Waals surface area contributed by atoms with Gasteiger partial charge in [-0.25, -0.2) is 0 Å². The van der Waals surface area contributed by atoms with Gasteiger partial charge in [0.2, 0.25) is 5.91 Å². The Morgan fingerprint density at radius 3 is 2.62 bits per heavy atom. The second-order valence-electron chi connectivity index (χ2n) is 5.53. The maximum absolute atomic E-state index is 12.5. The highest BCUT2D eigenvalue weighted by Gasteiger charge is 2.19. The SMILES string of the molecule is Cc1ccc(S(=O)(=O)N=c2ccc3c(n2CC(N)=O)CCO3)cc1. The standard InChI is InChI=1S/C16H17N3O4S/c1-11-2-4-12(5-3-11)24(21,22)18-16-7-6-14-13(8-9-23-14)19(16)10-15(17)20/h2-7H,8-10H2,1H3,(H2,17,20). The molecule has 0 aliphatic carbocycles. The van der Waals surface area contributed by atoms with Crippen LogP contribution in [0.2, 0.25) is 0 Å². The monoisotopic (exact) mass is 347 g/mol. The maximum Gasteiger partial charge on any atom is 0.284 e. The van der Waals surface area contributed by atoms with E-state index in [1.807, 2.05) is 6.92 Å². The molecule has 24 heavy (non-hydrogen) atoms. The minimum absolute atomic E-state index is 0.0930. The number of sulfonamides is 1. The third-order valence-electron chi connectivity index (χ3n) is 3.71. The average molecular weight is 347 g/mol. The Kier molecular flexibility index (Phi) is 4.15. The highest BCUT2D eigenvalue weighted by atomic mass is 32.2. The first-order valence-corrected chi connectivity index (χ1v) is 8.82. The largest absolute Gasteiger partial charge is 0.491 e. The molecule has 8 heteroatoms. The summed E-state index contributed by atoms with van der Waals surface area (Å²) in [4.78, 5) is 11.5. The van der Waals surface area contributed by atoms with Gasteiger partial charge in [0, 0.05) is 6.42 Å². The van der Waals surface area contributed by atoms with Crippen molar-refractivity contribution in [2.75, 3.05) is 6.61 Å².